The van der Waals surface area contributed by atoms with E-state index in [0.717, 1.165) is 18.5 Å². The van der Waals surface area contributed by atoms with Gasteiger partial charge in [0.2, 0.25) is 11.9 Å². The lowest BCUT2D eigenvalue weighted by Gasteiger charge is -2.38. The zero-order valence-electron chi connectivity index (χ0n) is 14.5. The second-order valence-corrected chi connectivity index (χ2v) is 6.43. The average molecular weight is 358 g/mol. The molecule has 3 rings (SSSR count). The van der Waals surface area contributed by atoms with E-state index >= 15 is 0 Å². The minimum atomic E-state index is -0.562. The van der Waals surface area contributed by atoms with Crippen molar-refractivity contribution in [2.75, 3.05) is 4.90 Å². The number of anilines is 1. The molecule has 0 saturated carbocycles. The number of aryl methyl sites for hydroxylation is 2. The number of rotatable bonds is 4. The van der Waals surface area contributed by atoms with Crippen molar-refractivity contribution in [3.63, 3.8) is 0 Å². The summed E-state index contributed by atoms with van der Waals surface area (Å²) in [6, 6.07) is 18.8. The molecule has 0 unspecified atom stereocenters. The molecule has 5 nitrogen and oxygen atoms in total. The molecule has 0 atom stereocenters. The van der Waals surface area contributed by atoms with Crippen LogP contribution >= 0.6 is 12.4 Å². The second kappa shape index (κ2) is 7.57. The monoisotopic (exact) mass is 357 g/mol. The van der Waals surface area contributed by atoms with Crippen molar-refractivity contribution in [1.82, 2.24) is 0 Å². The maximum atomic E-state index is 6.11. The Balaban J connectivity index is 0.00000225. The third-order valence-corrected chi connectivity index (χ3v) is 4.11. The molecule has 0 fully saturated rings. The average Bonchev–Trinajstić information content (AvgIpc) is 2.52. The Kier molecular flexibility index (Phi) is 5.69. The zero-order chi connectivity index (χ0) is 17.2. The molecule has 0 aromatic heterocycles. The van der Waals surface area contributed by atoms with Gasteiger partial charge in [0.25, 0.3) is 0 Å². The fraction of sp³-hybridized carbons (Fsp3) is 0.263. The van der Waals surface area contributed by atoms with Gasteiger partial charge in [0, 0.05) is 5.69 Å². The van der Waals surface area contributed by atoms with Crippen molar-refractivity contribution < 1.29 is 0 Å². The van der Waals surface area contributed by atoms with E-state index in [0.29, 0.717) is 5.96 Å². The van der Waals surface area contributed by atoms with Gasteiger partial charge in [-0.3, -0.25) is 4.90 Å². The first-order chi connectivity index (χ1) is 11.5. The highest BCUT2D eigenvalue weighted by molar-refractivity contribution is 6.05. The molecule has 6 heteroatoms. The van der Waals surface area contributed by atoms with Gasteiger partial charge >= 0.3 is 0 Å². The number of nitrogens with two attached hydrogens (primary N) is 2. The van der Waals surface area contributed by atoms with E-state index in [9.17, 15) is 0 Å². The molecular formula is C19H24ClN5. The van der Waals surface area contributed by atoms with E-state index in [1.54, 1.807) is 0 Å². The van der Waals surface area contributed by atoms with Crippen LogP contribution in [0.25, 0.3) is 0 Å². The molecule has 2 aromatic carbocycles. The smallest absolute Gasteiger partial charge is 0.220 e. The number of hydrogen-bond acceptors (Lipinski definition) is 5. The predicted octanol–water partition coefficient (Wildman–Crippen LogP) is 3.08. The molecule has 0 radical (unpaired) electrons. The van der Waals surface area contributed by atoms with E-state index < -0.39 is 5.66 Å². The summed E-state index contributed by atoms with van der Waals surface area (Å²) in [4.78, 5) is 10.4. The van der Waals surface area contributed by atoms with Gasteiger partial charge in [-0.1, -0.05) is 42.5 Å². The van der Waals surface area contributed by atoms with E-state index in [4.69, 9.17) is 11.5 Å². The third kappa shape index (κ3) is 4.31. The molecule has 25 heavy (non-hydrogen) atoms. The Hall–Kier alpha value is -2.53. The summed E-state index contributed by atoms with van der Waals surface area (Å²) in [6.07, 6.45) is 1.97. The van der Waals surface area contributed by atoms with Gasteiger partial charge in [-0.25, -0.2) is 4.99 Å². The molecule has 1 aliphatic rings. The minimum absolute atomic E-state index is 0. The molecule has 0 saturated heterocycles. The first kappa shape index (κ1) is 18.8. The number of hydrogen-bond donors (Lipinski definition) is 2. The minimum Gasteiger partial charge on any atom is -0.369 e. The van der Waals surface area contributed by atoms with Crippen molar-refractivity contribution in [2.45, 2.75) is 32.4 Å². The summed E-state index contributed by atoms with van der Waals surface area (Å²) < 4.78 is 0. The molecule has 0 amide bonds. The van der Waals surface area contributed by atoms with Crippen LogP contribution in [-0.2, 0) is 12.8 Å². The van der Waals surface area contributed by atoms with Crippen LogP contribution in [0.5, 0.6) is 0 Å². The SMILES string of the molecule is CC1(C)N=C(N)N=C(N)N1c1cccc(CCc2ccccc2)c1.Cl. The van der Waals surface area contributed by atoms with Crippen LogP contribution in [0.1, 0.15) is 25.0 Å². The molecular weight excluding hydrogens is 334 g/mol. The molecule has 4 N–H and O–H groups in total. The number of guanidine groups is 2. The number of aliphatic imine (C=N–C) groups is 2. The summed E-state index contributed by atoms with van der Waals surface area (Å²) in [5, 5.41) is 0. The fourth-order valence-corrected chi connectivity index (χ4v) is 3.04. The van der Waals surface area contributed by atoms with Crippen LogP contribution < -0.4 is 16.4 Å². The van der Waals surface area contributed by atoms with Gasteiger partial charge < -0.3 is 11.5 Å². The second-order valence-electron chi connectivity index (χ2n) is 6.43. The van der Waals surface area contributed by atoms with Gasteiger partial charge in [-0.05, 0) is 49.9 Å². The molecule has 1 heterocycles. The van der Waals surface area contributed by atoms with Gasteiger partial charge in [0.05, 0.1) is 0 Å². The van der Waals surface area contributed by atoms with Crippen LogP contribution in [-0.4, -0.2) is 17.6 Å². The Bertz CT molecular complexity index is 783. The van der Waals surface area contributed by atoms with Crippen molar-refractivity contribution in [1.29, 1.82) is 0 Å². The highest BCUT2D eigenvalue weighted by Gasteiger charge is 2.32. The zero-order valence-corrected chi connectivity index (χ0v) is 15.3. The number of halogens is 1. The number of benzene rings is 2. The standard InChI is InChI=1S/C19H23N5.ClH/c1-19(2)23-17(20)22-18(21)24(19)16-10-6-9-15(13-16)12-11-14-7-4-3-5-8-14;/h3-10,13H,11-12H2,1-2H3,(H4,20,21,22,23);1H. The lowest BCUT2D eigenvalue weighted by Crippen LogP contribution is -2.54. The maximum Gasteiger partial charge on any atom is 0.220 e. The van der Waals surface area contributed by atoms with E-state index in [1.807, 2.05) is 36.9 Å². The topological polar surface area (TPSA) is 80.0 Å². The molecule has 132 valence electrons. The van der Waals surface area contributed by atoms with Crippen LogP contribution in [0.4, 0.5) is 5.69 Å². The first-order valence-corrected chi connectivity index (χ1v) is 8.08. The Morgan fingerprint density at radius 3 is 2.24 bits per heavy atom. The van der Waals surface area contributed by atoms with Crippen molar-refractivity contribution >= 4 is 30.0 Å². The lowest BCUT2D eigenvalue weighted by atomic mass is 10.0. The normalized spacial score (nSPS) is 15.8. The van der Waals surface area contributed by atoms with Crippen molar-refractivity contribution in [2.24, 2.45) is 21.5 Å². The summed E-state index contributed by atoms with van der Waals surface area (Å²) >= 11 is 0. The number of nitrogens with zero attached hydrogens (tertiary/aromatic N) is 3. The van der Waals surface area contributed by atoms with E-state index in [-0.39, 0.29) is 18.4 Å². The van der Waals surface area contributed by atoms with Gasteiger partial charge in [-0.2, -0.15) is 4.99 Å². The molecule has 0 bridgehead atoms. The molecule has 0 aliphatic carbocycles. The quantitative estimate of drug-likeness (QED) is 0.882. The summed E-state index contributed by atoms with van der Waals surface area (Å²) in [6.45, 7) is 3.94. The Labute approximate surface area is 154 Å². The highest BCUT2D eigenvalue weighted by atomic mass is 35.5. The molecule has 0 spiro atoms. The summed E-state index contributed by atoms with van der Waals surface area (Å²) in [5.74, 6) is 0.585. The van der Waals surface area contributed by atoms with E-state index in [2.05, 4.69) is 46.4 Å². The van der Waals surface area contributed by atoms with Crippen LogP contribution in [0.2, 0.25) is 0 Å². The van der Waals surface area contributed by atoms with Crippen LogP contribution in [0.3, 0.4) is 0 Å². The Morgan fingerprint density at radius 1 is 0.920 bits per heavy atom. The highest BCUT2D eigenvalue weighted by Crippen LogP contribution is 2.28. The van der Waals surface area contributed by atoms with Crippen LogP contribution in [0.15, 0.2) is 64.6 Å². The molecule has 2 aromatic rings. The van der Waals surface area contributed by atoms with Crippen molar-refractivity contribution in [3.8, 4) is 0 Å². The lowest BCUT2D eigenvalue weighted by molar-refractivity contribution is 0.534. The van der Waals surface area contributed by atoms with E-state index in [1.165, 1.54) is 11.1 Å². The van der Waals surface area contributed by atoms with Gasteiger partial charge in [0.1, 0.15) is 5.66 Å². The summed E-state index contributed by atoms with van der Waals surface area (Å²) in [5.41, 5.74) is 14.8. The van der Waals surface area contributed by atoms with Gasteiger partial charge in [0.15, 0.2) is 0 Å². The predicted molar refractivity (Wildman–Crippen MR) is 107 cm³/mol. The maximum absolute atomic E-state index is 6.11. The summed E-state index contributed by atoms with van der Waals surface area (Å²) in [7, 11) is 0. The first-order valence-electron chi connectivity index (χ1n) is 8.08. The fourth-order valence-electron chi connectivity index (χ4n) is 3.04. The Morgan fingerprint density at radius 2 is 1.56 bits per heavy atom. The van der Waals surface area contributed by atoms with Crippen LogP contribution in [0, 0.1) is 0 Å². The third-order valence-electron chi connectivity index (χ3n) is 4.11. The largest absolute Gasteiger partial charge is 0.369 e. The van der Waals surface area contributed by atoms with Gasteiger partial charge in [-0.15, -0.1) is 12.4 Å². The molecule has 1 aliphatic heterocycles. The van der Waals surface area contributed by atoms with Crippen molar-refractivity contribution in [3.05, 3.63) is 65.7 Å².